The zero-order chi connectivity index (χ0) is 24.6. The van der Waals surface area contributed by atoms with Crippen LogP contribution in [0.25, 0.3) is 0 Å². The van der Waals surface area contributed by atoms with Crippen molar-refractivity contribution in [3.05, 3.63) is 29.3 Å². The smallest absolute Gasteiger partial charge is 0.250 e. The molecule has 1 aromatic rings. The Hall–Kier alpha value is -2.16. The second-order valence-electron chi connectivity index (χ2n) is 10.0. The van der Waals surface area contributed by atoms with Gasteiger partial charge in [-0.25, -0.2) is 0 Å². The third kappa shape index (κ3) is 4.10. The molecule has 3 aliphatic heterocycles. The molecule has 0 radical (unpaired) electrons. The van der Waals surface area contributed by atoms with Gasteiger partial charge in [-0.05, 0) is 43.7 Å². The fraction of sp³-hybridized carbons (Fsp3) is 0.640. The first-order chi connectivity index (χ1) is 16.2. The number of aliphatic hydroxyl groups excluding tert-OH is 1. The Morgan fingerprint density at radius 3 is 2.68 bits per heavy atom. The lowest BCUT2D eigenvalue weighted by molar-refractivity contribution is -0.144. The summed E-state index contributed by atoms with van der Waals surface area (Å²) >= 11 is 6.28. The third-order valence-electron chi connectivity index (χ3n) is 7.32. The van der Waals surface area contributed by atoms with E-state index in [4.69, 9.17) is 16.3 Å². The van der Waals surface area contributed by atoms with Gasteiger partial charge in [0.05, 0.1) is 41.3 Å². The lowest BCUT2D eigenvalue weighted by atomic mass is 9.70. The topological polar surface area (TPSA) is 108 Å². The summed E-state index contributed by atoms with van der Waals surface area (Å²) in [4.78, 5) is 42.3. The first-order valence-electron chi connectivity index (χ1n) is 12.2. The number of rotatable bonds is 9. The van der Waals surface area contributed by atoms with Crippen LogP contribution in [-0.2, 0) is 19.1 Å². The Balaban J connectivity index is 1.73. The summed E-state index contributed by atoms with van der Waals surface area (Å²) in [7, 11) is 0. The summed E-state index contributed by atoms with van der Waals surface area (Å²) in [6, 6.07) is 5.38. The number of nitrogens with zero attached hydrogens (tertiary/aromatic N) is 1. The summed E-state index contributed by atoms with van der Waals surface area (Å²) in [5.74, 6) is -2.13. The number of anilines is 1. The Morgan fingerprint density at radius 2 is 2.03 bits per heavy atom. The standard InChI is InChI=1S/C25H34ClN3O5/c1-4-11-27-22(31)19-18-9-10-25(34-18)20(19)24(33)29(15(13-30)12-14(2)3)21(25)23(32)28-17-8-6-5-7-16(17)26/h5-8,14-15,18-21,30H,4,9-13H2,1-3H3,(H,27,31)(H,28,32)/t15-,18-,19+,20+,21?,25?/m1/s1. The molecule has 3 amide bonds. The van der Waals surface area contributed by atoms with Crippen LogP contribution in [0.5, 0.6) is 0 Å². The van der Waals surface area contributed by atoms with Gasteiger partial charge in [-0.3, -0.25) is 14.4 Å². The van der Waals surface area contributed by atoms with E-state index in [2.05, 4.69) is 10.6 Å². The number of nitrogens with one attached hydrogen (secondary N) is 2. The second kappa shape index (κ2) is 9.84. The van der Waals surface area contributed by atoms with Crippen LogP contribution < -0.4 is 10.6 Å². The van der Waals surface area contributed by atoms with Crippen LogP contribution in [0.3, 0.4) is 0 Å². The maximum Gasteiger partial charge on any atom is 0.250 e. The molecule has 2 bridgehead atoms. The van der Waals surface area contributed by atoms with Crippen LogP contribution in [0.1, 0.15) is 46.5 Å². The highest BCUT2D eigenvalue weighted by atomic mass is 35.5. The van der Waals surface area contributed by atoms with E-state index < -0.39 is 41.5 Å². The molecule has 8 nitrogen and oxygen atoms in total. The molecule has 3 N–H and O–H groups in total. The van der Waals surface area contributed by atoms with Gasteiger partial charge in [-0.15, -0.1) is 0 Å². The van der Waals surface area contributed by atoms with Crippen molar-refractivity contribution in [2.75, 3.05) is 18.5 Å². The maximum atomic E-state index is 13.9. The molecule has 3 heterocycles. The average Bonchev–Trinajstić information content (AvgIpc) is 3.44. The molecule has 3 saturated heterocycles. The highest BCUT2D eigenvalue weighted by Gasteiger charge is 2.75. The van der Waals surface area contributed by atoms with Crippen molar-refractivity contribution in [1.29, 1.82) is 0 Å². The minimum atomic E-state index is -1.11. The number of carbonyl (C=O) groups is 3. The molecule has 1 aromatic carbocycles. The first kappa shape index (κ1) is 24.9. The maximum absolute atomic E-state index is 13.9. The Bertz CT molecular complexity index is 956. The zero-order valence-corrected chi connectivity index (χ0v) is 20.7. The summed E-state index contributed by atoms with van der Waals surface area (Å²) < 4.78 is 6.40. The average molecular weight is 492 g/mol. The largest absolute Gasteiger partial charge is 0.394 e. The van der Waals surface area contributed by atoms with Crippen LogP contribution in [0.15, 0.2) is 24.3 Å². The summed E-state index contributed by atoms with van der Waals surface area (Å²) in [5.41, 5.74) is -0.665. The van der Waals surface area contributed by atoms with Crippen LogP contribution in [-0.4, -0.2) is 64.7 Å². The number of likely N-dealkylation sites (tertiary alicyclic amines) is 1. The Morgan fingerprint density at radius 1 is 1.29 bits per heavy atom. The van der Waals surface area contributed by atoms with E-state index in [1.807, 2.05) is 20.8 Å². The highest BCUT2D eigenvalue weighted by molar-refractivity contribution is 6.33. The van der Waals surface area contributed by atoms with E-state index in [0.717, 1.165) is 6.42 Å². The number of para-hydroxylation sites is 1. The van der Waals surface area contributed by atoms with Crippen molar-refractivity contribution in [2.24, 2.45) is 17.8 Å². The van der Waals surface area contributed by atoms with Gasteiger partial charge in [-0.1, -0.05) is 44.5 Å². The van der Waals surface area contributed by atoms with Crippen molar-refractivity contribution in [2.45, 2.75) is 70.2 Å². The number of halogens is 1. The minimum absolute atomic E-state index is 0.191. The number of benzene rings is 1. The minimum Gasteiger partial charge on any atom is -0.394 e. The van der Waals surface area contributed by atoms with E-state index >= 15 is 0 Å². The fourth-order valence-electron chi connectivity index (χ4n) is 6.03. The van der Waals surface area contributed by atoms with E-state index in [9.17, 15) is 19.5 Å². The van der Waals surface area contributed by atoms with E-state index in [1.54, 1.807) is 24.3 Å². The summed E-state index contributed by atoms with van der Waals surface area (Å²) in [6.45, 7) is 6.21. The normalized spacial score (nSPS) is 30.5. The molecular formula is C25H34ClN3O5. The molecule has 4 rings (SSSR count). The van der Waals surface area contributed by atoms with Gasteiger partial charge in [0, 0.05) is 6.54 Å². The van der Waals surface area contributed by atoms with Gasteiger partial charge >= 0.3 is 0 Å². The first-order valence-corrected chi connectivity index (χ1v) is 12.6. The predicted molar refractivity (Wildman–Crippen MR) is 128 cm³/mol. The fourth-order valence-corrected chi connectivity index (χ4v) is 6.22. The second-order valence-corrected chi connectivity index (χ2v) is 10.4. The Labute approximate surface area is 205 Å². The lowest BCUT2D eigenvalue weighted by Gasteiger charge is -2.37. The SMILES string of the molecule is CCCNC(=O)[C@@H]1[C@H]2C(=O)N([C@@H](CO)CC(C)C)C(C(=O)Nc3ccccc3Cl)C23CC[C@H]1O3. The van der Waals surface area contributed by atoms with Gasteiger partial charge in [0.1, 0.15) is 11.6 Å². The number of fused-ring (bicyclic) bond motifs is 1. The molecule has 3 fully saturated rings. The molecule has 186 valence electrons. The molecule has 0 aromatic heterocycles. The third-order valence-corrected chi connectivity index (χ3v) is 7.65. The summed E-state index contributed by atoms with van der Waals surface area (Å²) in [5, 5.41) is 16.4. The zero-order valence-electron chi connectivity index (χ0n) is 19.9. The van der Waals surface area contributed by atoms with E-state index in [1.165, 1.54) is 4.90 Å². The van der Waals surface area contributed by atoms with E-state index in [0.29, 0.717) is 36.5 Å². The van der Waals surface area contributed by atoms with Crippen LogP contribution >= 0.6 is 11.6 Å². The number of ether oxygens (including phenoxy) is 1. The van der Waals surface area contributed by atoms with Crippen LogP contribution in [0, 0.1) is 17.8 Å². The van der Waals surface area contributed by atoms with Crippen molar-refractivity contribution in [3.8, 4) is 0 Å². The number of carbonyl (C=O) groups excluding carboxylic acids is 3. The van der Waals surface area contributed by atoms with E-state index in [-0.39, 0.29) is 24.3 Å². The molecule has 0 saturated carbocycles. The molecule has 2 unspecified atom stereocenters. The molecule has 1 spiro atoms. The van der Waals surface area contributed by atoms with Gasteiger partial charge in [-0.2, -0.15) is 0 Å². The number of hydrogen-bond donors (Lipinski definition) is 3. The molecule has 9 heteroatoms. The van der Waals surface area contributed by atoms with Crippen molar-refractivity contribution >= 4 is 35.0 Å². The molecule has 0 aliphatic carbocycles. The van der Waals surface area contributed by atoms with Gasteiger partial charge < -0.3 is 25.4 Å². The van der Waals surface area contributed by atoms with Crippen molar-refractivity contribution < 1.29 is 24.2 Å². The van der Waals surface area contributed by atoms with Gasteiger partial charge in [0.15, 0.2) is 0 Å². The molecular weight excluding hydrogens is 458 g/mol. The monoisotopic (exact) mass is 491 g/mol. The quantitative estimate of drug-likeness (QED) is 0.492. The van der Waals surface area contributed by atoms with Crippen molar-refractivity contribution in [1.82, 2.24) is 10.2 Å². The van der Waals surface area contributed by atoms with Crippen molar-refractivity contribution in [3.63, 3.8) is 0 Å². The van der Waals surface area contributed by atoms with Crippen LogP contribution in [0.2, 0.25) is 5.02 Å². The number of aliphatic hydroxyl groups is 1. The highest BCUT2D eigenvalue weighted by Crippen LogP contribution is 2.59. The predicted octanol–water partition coefficient (Wildman–Crippen LogP) is 2.59. The lowest BCUT2D eigenvalue weighted by Crippen LogP contribution is -2.56. The molecule has 6 atom stereocenters. The molecule has 34 heavy (non-hydrogen) atoms. The number of amides is 3. The Kier molecular flexibility index (Phi) is 7.22. The summed E-state index contributed by atoms with van der Waals surface area (Å²) in [6.07, 6.45) is 2.01. The number of hydrogen-bond acceptors (Lipinski definition) is 5. The van der Waals surface area contributed by atoms with Gasteiger partial charge in [0.25, 0.3) is 0 Å². The molecule has 3 aliphatic rings. The van der Waals surface area contributed by atoms with Gasteiger partial charge in [0.2, 0.25) is 17.7 Å². The van der Waals surface area contributed by atoms with Crippen LogP contribution in [0.4, 0.5) is 5.69 Å².